The lowest BCUT2D eigenvalue weighted by atomic mass is 9.96. The van der Waals surface area contributed by atoms with E-state index in [1.165, 1.54) is 12.1 Å². The van der Waals surface area contributed by atoms with Gasteiger partial charge in [-0.25, -0.2) is 8.78 Å². The minimum Gasteiger partial charge on any atom is -0.375 e. The van der Waals surface area contributed by atoms with Gasteiger partial charge in [-0.15, -0.1) is 0 Å². The van der Waals surface area contributed by atoms with Crippen molar-refractivity contribution in [1.82, 2.24) is 0 Å². The van der Waals surface area contributed by atoms with Gasteiger partial charge in [-0.2, -0.15) is 0 Å². The second-order valence-electron chi connectivity index (χ2n) is 4.71. The predicted octanol–water partition coefficient (Wildman–Crippen LogP) is 3.22. The Hall–Kier alpha value is -1.78. The number of ether oxygens (including phenoxy) is 1. The number of halogens is 2. The van der Waals surface area contributed by atoms with Crippen LogP contribution in [0.15, 0.2) is 48.5 Å². The summed E-state index contributed by atoms with van der Waals surface area (Å²) in [6.07, 6.45) is 0.0183. The van der Waals surface area contributed by atoms with Gasteiger partial charge in [0.15, 0.2) is 0 Å². The zero-order valence-electron chi connectivity index (χ0n) is 11.2. The number of methoxy groups -OCH3 is 1. The molecule has 0 bridgehead atoms. The van der Waals surface area contributed by atoms with Crippen LogP contribution < -0.4 is 5.73 Å². The lowest BCUT2D eigenvalue weighted by molar-refractivity contribution is 0.0802. The molecule has 0 fully saturated rings. The maximum atomic E-state index is 13.2. The summed E-state index contributed by atoms with van der Waals surface area (Å²) in [5.41, 5.74) is 7.59. The summed E-state index contributed by atoms with van der Waals surface area (Å²) in [6.45, 7) is 0. The Labute approximate surface area is 117 Å². The number of rotatable bonds is 5. The molecule has 0 aliphatic heterocycles. The van der Waals surface area contributed by atoms with Crippen LogP contribution in [-0.2, 0) is 11.2 Å². The molecule has 0 saturated heterocycles. The van der Waals surface area contributed by atoms with Crippen LogP contribution in [0.1, 0.15) is 17.2 Å². The van der Waals surface area contributed by atoms with Crippen LogP contribution >= 0.6 is 0 Å². The highest BCUT2D eigenvalue weighted by atomic mass is 19.1. The zero-order valence-corrected chi connectivity index (χ0v) is 11.2. The first kappa shape index (κ1) is 14.6. The first-order chi connectivity index (χ1) is 9.60. The highest BCUT2D eigenvalue weighted by Crippen LogP contribution is 2.22. The molecule has 2 aromatic carbocycles. The van der Waals surface area contributed by atoms with Crippen molar-refractivity contribution in [2.45, 2.75) is 18.6 Å². The Morgan fingerprint density at radius 2 is 1.65 bits per heavy atom. The molecule has 0 radical (unpaired) electrons. The molecule has 106 valence electrons. The summed E-state index contributed by atoms with van der Waals surface area (Å²) in [5, 5.41) is 0. The van der Waals surface area contributed by atoms with Crippen molar-refractivity contribution in [2.75, 3.05) is 7.11 Å². The molecule has 0 aliphatic carbocycles. The van der Waals surface area contributed by atoms with Crippen molar-refractivity contribution >= 4 is 0 Å². The highest BCUT2D eigenvalue weighted by Gasteiger charge is 2.20. The molecule has 0 aromatic heterocycles. The first-order valence-electron chi connectivity index (χ1n) is 6.38. The van der Waals surface area contributed by atoms with Gasteiger partial charge in [-0.3, -0.25) is 0 Å². The van der Waals surface area contributed by atoms with Crippen molar-refractivity contribution in [3.8, 4) is 0 Å². The van der Waals surface area contributed by atoms with Crippen molar-refractivity contribution in [1.29, 1.82) is 0 Å². The molecule has 2 N–H and O–H groups in total. The molecule has 0 saturated carbocycles. The summed E-state index contributed by atoms with van der Waals surface area (Å²) in [4.78, 5) is 0. The molecule has 20 heavy (non-hydrogen) atoms. The van der Waals surface area contributed by atoms with Crippen molar-refractivity contribution in [3.05, 3.63) is 71.3 Å². The molecule has 4 heteroatoms. The third kappa shape index (κ3) is 3.62. The molecule has 2 unspecified atom stereocenters. The van der Waals surface area contributed by atoms with Gasteiger partial charge in [-0.05, 0) is 29.7 Å². The number of benzene rings is 2. The topological polar surface area (TPSA) is 35.2 Å². The highest BCUT2D eigenvalue weighted by molar-refractivity contribution is 5.23. The smallest absolute Gasteiger partial charge is 0.126 e. The normalized spacial score (nSPS) is 14.0. The molecule has 2 rings (SSSR count). The molecule has 2 nitrogen and oxygen atoms in total. The van der Waals surface area contributed by atoms with Gasteiger partial charge in [0.05, 0.1) is 6.10 Å². The second kappa shape index (κ2) is 6.59. The molecule has 0 heterocycles. The number of hydrogen-bond donors (Lipinski definition) is 1. The van der Waals surface area contributed by atoms with Crippen molar-refractivity contribution in [3.63, 3.8) is 0 Å². The maximum Gasteiger partial charge on any atom is 0.126 e. The number of nitrogens with two attached hydrogens (primary N) is 1. The third-order valence-electron chi connectivity index (χ3n) is 3.16. The summed E-state index contributed by atoms with van der Waals surface area (Å²) in [6, 6.07) is 12.6. The molecule has 0 aliphatic rings. The molecular weight excluding hydrogens is 260 g/mol. The van der Waals surface area contributed by atoms with Crippen molar-refractivity contribution in [2.24, 2.45) is 5.73 Å². The van der Waals surface area contributed by atoms with E-state index in [9.17, 15) is 8.78 Å². The Bertz CT molecular complexity index is 539. The fourth-order valence-electron chi connectivity index (χ4n) is 2.31. The minimum atomic E-state index is -0.596. The Morgan fingerprint density at radius 3 is 2.20 bits per heavy atom. The molecule has 0 amide bonds. The van der Waals surface area contributed by atoms with Gasteiger partial charge in [0.2, 0.25) is 0 Å². The average molecular weight is 277 g/mol. The SMILES string of the molecule is COC(c1ccccc1)C(N)Cc1cc(F)cc(F)c1. The van der Waals surface area contributed by atoms with E-state index >= 15 is 0 Å². The average Bonchev–Trinajstić information content (AvgIpc) is 2.39. The van der Waals surface area contributed by atoms with E-state index in [1.54, 1.807) is 7.11 Å². The number of hydrogen-bond acceptors (Lipinski definition) is 2. The summed E-state index contributed by atoms with van der Waals surface area (Å²) in [7, 11) is 1.57. The summed E-state index contributed by atoms with van der Waals surface area (Å²) >= 11 is 0. The monoisotopic (exact) mass is 277 g/mol. The predicted molar refractivity (Wildman–Crippen MR) is 74.2 cm³/mol. The van der Waals surface area contributed by atoms with Crippen LogP contribution in [0.25, 0.3) is 0 Å². The Balaban J connectivity index is 2.15. The third-order valence-corrected chi connectivity index (χ3v) is 3.16. The van der Waals surface area contributed by atoms with Gasteiger partial charge in [0.1, 0.15) is 11.6 Å². The van der Waals surface area contributed by atoms with Crippen LogP contribution in [0.2, 0.25) is 0 Å². The van der Waals surface area contributed by atoms with E-state index < -0.39 is 11.6 Å². The van der Waals surface area contributed by atoms with Gasteiger partial charge < -0.3 is 10.5 Å². The van der Waals surface area contributed by atoms with E-state index in [0.717, 1.165) is 11.6 Å². The van der Waals surface area contributed by atoms with Crippen LogP contribution in [-0.4, -0.2) is 13.2 Å². The van der Waals surface area contributed by atoms with Gasteiger partial charge in [0.25, 0.3) is 0 Å². The van der Waals surface area contributed by atoms with E-state index in [-0.39, 0.29) is 12.1 Å². The van der Waals surface area contributed by atoms with Gasteiger partial charge >= 0.3 is 0 Å². The Morgan fingerprint density at radius 1 is 1.05 bits per heavy atom. The molecule has 2 atom stereocenters. The van der Waals surface area contributed by atoms with E-state index in [2.05, 4.69) is 0 Å². The van der Waals surface area contributed by atoms with E-state index in [0.29, 0.717) is 12.0 Å². The molecular formula is C16H17F2NO. The lowest BCUT2D eigenvalue weighted by Crippen LogP contribution is -2.32. The Kier molecular flexibility index (Phi) is 4.82. The second-order valence-corrected chi connectivity index (χ2v) is 4.71. The fraction of sp³-hybridized carbons (Fsp3) is 0.250. The minimum absolute atomic E-state index is 0.317. The maximum absolute atomic E-state index is 13.2. The molecule has 0 spiro atoms. The van der Waals surface area contributed by atoms with E-state index in [4.69, 9.17) is 10.5 Å². The lowest BCUT2D eigenvalue weighted by Gasteiger charge is -2.23. The van der Waals surface area contributed by atoms with Crippen LogP contribution in [0.3, 0.4) is 0 Å². The molecule has 2 aromatic rings. The van der Waals surface area contributed by atoms with Crippen molar-refractivity contribution < 1.29 is 13.5 Å². The first-order valence-corrected chi connectivity index (χ1v) is 6.38. The summed E-state index contributed by atoms with van der Waals surface area (Å²) < 4.78 is 31.8. The van der Waals surface area contributed by atoms with Gasteiger partial charge in [-0.1, -0.05) is 30.3 Å². The zero-order chi connectivity index (χ0) is 14.5. The van der Waals surface area contributed by atoms with Crippen LogP contribution in [0, 0.1) is 11.6 Å². The van der Waals surface area contributed by atoms with E-state index in [1.807, 2.05) is 30.3 Å². The van der Waals surface area contributed by atoms with Gasteiger partial charge in [0, 0.05) is 19.2 Å². The van der Waals surface area contributed by atoms with Crippen LogP contribution in [0.4, 0.5) is 8.78 Å². The summed E-state index contributed by atoms with van der Waals surface area (Å²) in [5.74, 6) is -1.19. The quantitative estimate of drug-likeness (QED) is 0.910. The fourth-order valence-corrected chi connectivity index (χ4v) is 2.31. The van der Waals surface area contributed by atoms with Crippen LogP contribution in [0.5, 0.6) is 0 Å². The standard InChI is InChI=1S/C16H17F2NO/c1-20-16(12-5-3-2-4-6-12)15(19)9-11-7-13(17)10-14(18)8-11/h2-8,10,15-16H,9,19H2,1H3. The largest absolute Gasteiger partial charge is 0.375 e.